The van der Waals surface area contributed by atoms with E-state index in [0.29, 0.717) is 5.75 Å². The first kappa shape index (κ1) is 15.7. The summed E-state index contributed by atoms with van der Waals surface area (Å²) >= 11 is 6.13. The van der Waals surface area contributed by atoms with Crippen LogP contribution in [0.3, 0.4) is 0 Å². The van der Waals surface area contributed by atoms with E-state index in [9.17, 15) is 13.2 Å². The van der Waals surface area contributed by atoms with Gasteiger partial charge >= 0.3 is 6.18 Å². The summed E-state index contributed by atoms with van der Waals surface area (Å²) in [6.45, 7) is 2.54. The van der Waals surface area contributed by atoms with Crippen molar-refractivity contribution in [3.63, 3.8) is 0 Å². The van der Waals surface area contributed by atoms with Gasteiger partial charge in [-0.1, -0.05) is 18.3 Å². The summed E-state index contributed by atoms with van der Waals surface area (Å²) < 4.78 is 45.6. The Kier molecular flexibility index (Phi) is 7.45. The van der Waals surface area contributed by atoms with Crippen molar-refractivity contribution in [2.24, 2.45) is 0 Å². The minimum absolute atomic E-state index is 0.270. The van der Waals surface area contributed by atoms with Crippen LogP contribution in [0.2, 0.25) is 0 Å². The number of hydrogen-bond acceptors (Lipinski definition) is 4. The van der Waals surface area contributed by atoms with Gasteiger partial charge in [-0.15, -0.1) is 0 Å². The van der Waals surface area contributed by atoms with Crippen molar-refractivity contribution in [1.82, 2.24) is 0 Å². The van der Waals surface area contributed by atoms with Crippen LogP contribution < -0.4 is 0 Å². The maximum atomic E-state index is 11.9. The first-order valence-corrected chi connectivity index (χ1v) is 8.66. The molecule has 0 bridgehead atoms. The zero-order valence-corrected chi connectivity index (χ0v) is 11.1. The monoisotopic (exact) mass is 282 g/mol. The number of rotatable bonds is 7. The Balaban J connectivity index is 4.19. The van der Waals surface area contributed by atoms with E-state index < -0.39 is 18.5 Å². The topological polar surface area (TPSA) is 18.5 Å². The summed E-state index contributed by atoms with van der Waals surface area (Å²) in [7, 11) is 0. The Morgan fingerprint density at radius 1 is 1.27 bits per heavy atom. The van der Waals surface area contributed by atoms with Crippen molar-refractivity contribution in [3.05, 3.63) is 0 Å². The average Bonchev–Trinajstić information content (AvgIpc) is 2.12. The fraction of sp³-hybridized carbons (Fsp3) is 1.00. The minimum atomic E-state index is -4.35. The second kappa shape index (κ2) is 7.12. The molecule has 0 amide bonds. The second-order valence-corrected chi connectivity index (χ2v) is 9.02. The van der Waals surface area contributed by atoms with E-state index in [2.05, 4.69) is 4.52 Å². The van der Waals surface area contributed by atoms with Crippen LogP contribution in [0.25, 0.3) is 0 Å². The molecule has 0 heterocycles. The molecule has 1 unspecified atom stereocenters. The van der Waals surface area contributed by atoms with E-state index in [4.69, 9.17) is 16.3 Å². The molecular weight excluding hydrogens is 268 g/mol. The van der Waals surface area contributed by atoms with Crippen LogP contribution in [0.5, 0.6) is 0 Å². The second-order valence-electron chi connectivity index (χ2n) is 2.59. The van der Waals surface area contributed by atoms with E-state index in [0.717, 1.165) is 6.42 Å². The summed E-state index contributed by atoms with van der Waals surface area (Å²) in [6.07, 6.45) is -3.53. The van der Waals surface area contributed by atoms with Gasteiger partial charge in [0, 0.05) is 5.75 Å². The van der Waals surface area contributed by atoms with Crippen molar-refractivity contribution < 1.29 is 22.2 Å². The third kappa shape index (κ3) is 8.51. The molecule has 92 valence electrons. The van der Waals surface area contributed by atoms with Crippen LogP contribution in [-0.4, -0.2) is 25.1 Å². The first-order chi connectivity index (χ1) is 6.83. The SMILES string of the molecule is CCCSP(=S)(OCC)OCC(F)(F)F. The molecule has 8 heteroatoms. The molecular formula is C7H14F3O2PS2. The molecule has 2 nitrogen and oxygen atoms in total. The van der Waals surface area contributed by atoms with Gasteiger partial charge in [-0.05, 0) is 25.2 Å². The maximum Gasteiger partial charge on any atom is 0.412 e. The van der Waals surface area contributed by atoms with E-state index in [-0.39, 0.29) is 6.61 Å². The lowest BCUT2D eigenvalue weighted by atomic mass is 10.6. The van der Waals surface area contributed by atoms with Gasteiger partial charge in [0.2, 0.25) is 5.69 Å². The Hall–Kier alpha value is 0.710. The predicted molar refractivity (Wildman–Crippen MR) is 60.7 cm³/mol. The van der Waals surface area contributed by atoms with E-state index in [1.54, 1.807) is 6.92 Å². The quantitative estimate of drug-likeness (QED) is 0.657. The molecule has 0 aliphatic heterocycles. The molecule has 0 radical (unpaired) electrons. The highest BCUT2D eigenvalue weighted by Gasteiger charge is 2.32. The fourth-order valence-corrected chi connectivity index (χ4v) is 5.16. The van der Waals surface area contributed by atoms with E-state index in [1.807, 2.05) is 6.92 Å². The summed E-state index contributed by atoms with van der Waals surface area (Å²) in [5.41, 5.74) is -2.80. The molecule has 15 heavy (non-hydrogen) atoms. The number of hydrogen-bond donors (Lipinski definition) is 0. The lowest BCUT2D eigenvalue weighted by Gasteiger charge is -2.21. The molecule has 0 fully saturated rings. The Morgan fingerprint density at radius 2 is 1.87 bits per heavy atom. The summed E-state index contributed by atoms with van der Waals surface area (Å²) in [5.74, 6) is 0.648. The summed E-state index contributed by atoms with van der Waals surface area (Å²) in [4.78, 5) is 0. The highest BCUT2D eigenvalue weighted by Crippen LogP contribution is 2.61. The van der Waals surface area contributed by atoms with Gasteiger partial charge in [0.25, 0.3) is 0 Å². The largest absolute Gasteiger partial charge is 0.412 e. The van der Waals surface area contributed by atoms with Gasteiger partial charge in [-0.2, -0.15) is 13.2 Å². The van der Waals surface area contributed by atoms with Gasteiger partial charge in [0.1, 0.15) is 0 Å². The zero-order chi connectivity index (χ0) is 11.9. The van der Waals surface area contributed by atoms with Gasteiger partial charge in [0.15, 0.2) is 6.61 Å². The van der Waals surface area contributed by atoms with Crippen LogP contribution in [0.15, 0.2) is 0 Å². The molecule has 0 aliphatic rings. The molecule has 0 spiro atoms. The third-order valence-electron chi connectivity index (χ3n) is 1.13. The van der Waals surface area contributed by atoms with Crippen molar-refractivity contribution in [2.45, 2.75) is 26.4 Å². The molecule has 0 rings (SSSR count). The lowest BCUT2D eigenvalue weighted by Crippen LogP contribution is -2.16. The fourth-order valence-electron chi connectivity index (χ4n) is 0.625. The predicted octanol–water partition coefficient (Wildman–Crippen LogP) is 3.97. The Labute approximate surface area is 96.8 Å². The molecule has 0 saturated carbocycles. The third-order valence-corrected chi connectivity index (χ3v) is 6.76. The molecule has 0 aromatic rings. The smallest absolute Gasteiger partial charge is 0.322 e. The lowest BCUT2D eigenvalue weighted by molar-refractivity contribution is -0.153. The van der Waals surface area contributed by atoms with E-state index in [1.165, 1.54) is 11.4 Å². The maximum absolute atomic E-state index is 11.9. The van der Waals surface area contributed by atoms with Crippen LogP contribution in [0.1, 0.15) is 20.3 Å². The van der Waals surface area contributed by atoms with E-state index >= 15 is 0 Å². The summed E-state index contributed by atoms with van der Waals surface area (Å²) in [5, 5.41) is 0. The van der Waals surface area contributed by atoms with Crippen LogP contribution in [0, 0.1) is 0 Å². The zero-order valence-electron chi connectivity index (χ0n) is 8.54. The van der Waals surface area contributed by atoms with Crippen molar-refractivity contribution >= 4 is 28.9 Å². The van der Waals surface area contributed by atoms with Crippen molar-refractivity contribution in [3.8, 4) is 0 Å². The Bertz CT molecular complexity index is 223. The summed E-state index contributed by atoms with van der Waals surface area (Å²) in [6, 6.07) is 0. The molecule has 0 aliphatic carbocycles. The molecule has 0 saturated heterocycles. The van der Waals surface area contributed by atoms with Gasteiger partial charge < -0.3 is 9.05 Å². The van der Waals surface area contributed by atoms with Gasteiger partial charge in [0.05, 0.1) is 6.61 Å². The van der Waals surface area contributed by atoms with Crippen LogP contribution >= 0.6 is 17.1 Å². The van der Waals surface area contributed by atoms with Gasteiger partial charge in [-0.3, -0.25) is 0 Å². The number of halogens is 3. The Morgan fingerprint density at radius 3 is 2.27 bits per heavy atom. The van der Waals surface area contributed by atoms with Crippen LogP contribution in [-0.2, 0) is 20.9 Å². The molecule has 0 N–H and O–H groups in total. The molecule has 0 aromatic heterocycles. The van der Waals surface area contributed by atoms with Gasteiger partial charge in [-0.25, -0.2) is 0 Å². The number of alkyl halides is 3. The molecule has 0 aromatic carbocycles. The normalized spacial score (nSPS) is 16.3. The highest BCUT2D eigenvalue weighted by atomic mass is 32.9. The highest BCUT2D eigenvalue weighted by molar-refractivity contribution is 8.67. The van der Waals surface area contributed by atoms with Crippen molar-refractivity contribution in [2.75, 3.05) is 19.0 Å². The average molecular weight is 282 g/mol. The van der Waals surface area contributed by atoms with Crippen LogP contribution in [0.4, 0.5) is 13.2 Å². The minimum Gasteiger partial charge on any atom is -0.322 e. The van der Waals surface area contributed by atoms with Crippen molar-refractivity contribution in [1.29, 1.82) is 0 Å². The first-order valence-electron chi connectivity index (χ1n) is 4.43. The standard InChI is InChI=1S/C7H14F3O2PS2/c1-3-5-15-13(14,11-4-2)12-6-7(8,9)10/h3-6H2,1-2H3. The molecule has 1 atom stereocenters.